The molecule has 0 N–H and O–H groups in total. The molecule has 5 aromatic rings. The molecule has 2 unspecified atom stereocenters. The Morgan fingerprint density at radius 2 is 0.769 bits per heavy atom. The zero-order valence-corrected chi connectivity index (χ0v) is 44.8. The van der Waals surface area contributed by atoms with Gasteiger partial charge in [-0.25, -0.2) is 0 Å². The Bertz CT molecular complexity index is 2300. The molecule has 9 heteroatoms. The van der Waals surface area contributed by atoms with Crippen LogP contribution in [0.25, 0.3) is 39.9 Å². The van der Waals surface area contributed by atoms with Crippen molar-refractivity contribution in [1.29, 1.82) is 0 Å². The van der Waals surface area contributed by atoms with Gasteiger partial charge in [0.2, 0.25) is 0 Å². The van der Waals surface area contributed by atoms with Gasteiger partial charge >= 0.3 is 0 Å². The minimum absolute atomic E-state index is 0.0530. The van der Waals surface area contributed by atoms with Crippen LogP contribution in [0, 0.1) is 25.7 Å². The van der Waals surface area contributed by atoms with E-state index in [1.54, 1.807) is 22.7 Å². The van der Waals surface area contributed by atoms with E-state index >= 15 is 9.59 Å². The van der Waals surface area contributed by atoms with E-state index in [0.717, 1.165) is 46.8 Å². The molecule has 7 heterocycles. The highest BCUT2D eigenvalue weighted by Crippen LogP contribution is 2.52. The molecular formula is C56H78N2O2S5. The maximum atomic E-state index is 15.7. The van der Waals surface area contributed by atoms with Crippen LogP contribution in [0.1, 0.15) is 201 Å². The molecule has 4 nitrogen and oxygen atoms in total. The Morgan fingerprint density at radius 3 is 1.18 bits per heavy atom. The van der Waals surface area contributed by atoms with E-state index in [9.17, 15) is 0 Å². The van der Waals surface area contributed by atoms with E-state index < -0.39 is 0 Å². The number of rotatable bonds is 31. The number of fused-ring (bicyclic) bond motifs is 3. The first-order valence-corrected chi connectivity index (χ1v) is 30.1. The minimum Gasteiger partial charge on any atom is -0.306 e. The monoisotopic (exact) mass is 970 g/mol. The Labute approximate surface area is 412 Å². The highest BCUT2D eigenvalue weighted by Gasteiger charge is 2.50. The first-order chi connectivity index (χ1) is 31.7. The van der Waals surface area contributed by atoms with Crippen LogP contribution >= 0.6 is 56.7 Å². The summed E-state index contributed by atoms with van der Waals surface area (Å²) in [6.45, 7) is 14.9. The summed E-state index contributed by atoms with van der Waals surface area (Å²) in [4.78, 5) is 43.0. The largest absolute Gasteiger partial charge is 0.306 e. The smallest absolute Gasteiger partial charge is 0.261 e. The molecule has 7 rings (SSSR count). The number of nitrogens with zero attached hydrogens (tertiary/aromatic N) is 2. The van der Waals surface area contributed by atoms with Gasteiger partial charge in [0.15, 0.2) is 0 Å². The summed E-state index contributed by atoms with van der Waals surface area (Å²) in [6.07, 6.45) is 29.7. The highest BCUT2D eigenvalue weighted by molar-refractivity contribution is 7.31. The fraction of sp³-hybridized carbons (Fsp3) is 0.607. The lowest BCUT2D eigenvalue weighted by molar-refractivity contribution is -0.124. The molecule has 65 heavy (non-hydrogen) atoms. The van der Waals surface area contributed by atoms with Gasteiger partial charge in [0.1, 0.15) is 0 Å². The molecule has 2 aliphatic heterocycles. The first kappa shape index (κ1) is 50.3. The van der Waals surface area contributed by atoms with Crippen molar-refractivity contribution in [2.75, 3.05) is 13.1 Å². The lowest BCUT2D eigenvalue weighted by atomic mass is 9.93. The molecule has 0 saturated carbocycles. The fourth-order valence-corrected chi connectivity index (χ4v) is 16.1. The van der Waals surface area contributed by atoms with Gasteiger partial charge in [-0.05, 0) is 87.8 Å². The van der Waals surface area contributed by atoms with Crippen LogP contribution in [-0.4, -0.2) is 34.7 Å². The van der Waals surface area contributed by atoms with Gasteiger partial charge in [-0.2, -0.15) is 0 Å². The number of unbranched alkanes of at least 4 members (excludes halogenated alkanes) is 16. The van der Waals surface area contributed by atoms with Gasteiger partial charge in [0.25, 0.3) is 11.8 Å². The molecule has 0 aliphatic carbocycles. The Balaban J connectivity index is 1.29. The van der Waals surface area contributed by atoms with Crippen LogP contribution in [0.5, 0.6) is 0 Å². The van der Waals surface area contributed by atoms with Crippen LogP contribution in [0.15, 0.2) is 47.5 Å². The van der Waals surface area contributed by atoms with Crippen LogP contribution < -0.4 is 0 Å². The van der Waals surface area contributed by atoms with Crippen LogP contribution in [0.4, 0.5) is 0 Å². The maximum Gasteiger partial charge on any atom is 0.261 e. The van der Waals surface area contributed by atoms with Crippen LogP contribution in [0.3, 0.4) is 0 Å². The van der Waals surface area contributed by atoms with Gasteiger partial charge in [-0.1, -0.05) is 156 Å². The molecule has 2 amide bonds. The molecule has 0 bridgehead atoms. The number of hydrogen-bond acceptors (Lipinski definition) is 7. The number of carbonyl (C=O) groups excluding carboxylic acids is 2. The number of aryl methyl sites for hydroxylation is 2. The SMILES string of the molecule is CCCCCCCCC(CCCCCC)CN1C(=O)C2=C(c3cc4sc(-c5ccc(C)s5)cc4s3)N(CC(CCCCCC)CCCCCCCC)C(=O)C2=C1c1cc2sc(C)cc2s1. The highest BCUT2D eigenvalue weighted by atomic mass is 32.1. The third kappa shape index (κ3) is 12.8. The van der Waals surface area contributed by atoms with Crippen LogP contribution in [0.2, 0.25) is 0 Å². The van der Waals surface area contributed by atoms with Crippen LogP contribution in [-0.2, 0) is 9.59 Å². The molecule has 0 spiro atoms. The molecule has 354 valence electrons. The lowest BCUT2D eigenvalue weighted by Crippen LogP contribution is -2.34. The van der Waals surface area contributed by atoms with E-state index in [2.05, 4.69) is 87.7 Å². The molecular weight excluding hydrogens is 893 g/mol. The third-order valence-corrected chi connectivity index (χ3v) is 19.6. The zero-order chi connectivity index (χ0) is 45.7. The average molecular weight is 972 g/mol. The average Bonchev–Trinajstić information content (AvgIpc) is 4.17. The van der Waals surface area contributed by atoms with E-state index in [1.165, 1.54) is 167 Å². The second-order valence-electron chi connectivity index (χ2n) is 19.4. The number of carbonyl (C=O) groups is 2. The van der Waals surface area contributed by atoms with E-state index in [-0.39, 0.29) is 11.8 Å². The molecule has 0 saturated heterocycles. The number of amides is 2. The van der Waals surface area contributed by atoms with E-state index in [1.807, 2.05) is 34.0 Å². The quantitative estimate of drug-likeness (QED) is 0.0415. The van der Waals surface area contributed by atoms with Crippen molar-refractivity contribution in [3.05, 3.63) is 67.1 Å². The predicted octanol–water partition coefficient (Wildman–Crippen LogP) is 19.1. The summed E-state index contributed by atoms with van der Waals surface area (Å²) in [5.74, 6) is 0.918. The summed E-state index contributed by atoms with van der Waals surface area (Å²) >= 11 is 9.08. The van der Waals surface area contributed by atoms with Crippen molar-refractivity contribution >= 4 is 98.7 Å². The summed E-state index contributed by atoms with van der Waals surface area (Å²) in [5, 5.41) is 0. The van der Waals surface area contributed by atoms with E-state index in [4.69, 9.17) is 0 Å². The minimum atomic E-state index is 0.0530. The molecule has 0 radical (unpaired) electrons. The van der Waals surface area contributed by atoms with Crippen molar-refractivity contribution in [2.45, 2.75) is 196 Å². The van der Waals surface area contributed by atoms with Crippen molar-refractivity contribution in [3.8, 4) is 9.75 Å². The Kier molecular flexibility index (Phi) is 19.5. The molecule has 5 aromatic heterocycles. The summed E-state index contributed by atoms with van der Waals surface area (Å²) in [5.41, 5.74) is 3.14. The maximum absolute atomic E-state index is 15.7. The summed E-state index contributed by atoms with van der Waals surface area (Å²) < 4.78 is 5.00. The van der Waals surface area contributed by atoms with Crippen molar-refractivity contribution in [1.82, 2.24) is 9.80 Å². The predicted molar refractivity (Wildman–Crippen MR) is 290 cm³/mol. The first-order valence-electron chi connectivity index (χ1n) is 26.0. The molecule has 2 aliphatic rings. The second kappa shape index (κ2) is 25.2. The lowest BCUT2D eigenvalue weighted by Gasteiger charge is -2.29. The van der Waals surface area contributed by atoms with Gasteiger partial charge in [0, 0.05) is 51.4 Å². The number of hydrogen-bond donors (Lipinski definition) is 0. The van der Waals surface area contributed by atoms with Gasteiger partial charge in [0.05, 0.1) is 32.3 Å². The Hall–Kier alpha value is -2.56. The zero-order valence-electron chi connectivity index (χ0n) is 40.8. The Morgan fingerprint density at radius 1 is 0.400 bits per heavy atom. The van der Waals surface area contributed by atoms with Crippen molar-refractivity contribution < 1.29 is 9.59 Å². The third-order valence-electron chi connectivity index (χ3n) is 13.9. The summed E-state index contributed by atoms with van der Waals surface area (Å²) in [7, 11) is 0. The van der Waals surface area contributed by atoms with Crippen molar-refractivity contribution in [2.24, 2.45) is 11.8 Å². The molecule has 0 fully saturated rings. The molecule has 2 atom stereocenters. The summed E-state index contributed by atoms with van der Waals surface area (Å²) in [6, 6.07) is 13.7. The van der Waals surface area contributed by atoms with E-state index in [0.29, 0.717) is 36.1 Å². The second-order valence-corrected chi connectivity index (χ2v) is 25.2. The topological polar surface area (TPSA) is 40.6 Å². The number of thiophene rings is 5. The van der Waals surface area contributed by atoms with Gasteiger partial charge in [-0.3, -0.25) is 9.59 Å². The van der Waals surface area contributed by atoms with Gasteiger partial charge < -0.3 is 9.80 Å². The normalized spacial score (nSPS) is 15.4. The van der Waals surface area contributed by atoms with Gasteiger partial charge in [-0.15, -0.1) is 56.7 Å². The fourth-order valence-electron chi connectivity index (χ4n) is 10.3. The van der Waals surface area contributed by atoms with Crippen molar-refractivity contribution in [3.63, 3.8) is 0 Å². The molecule has 0 aromatic carbocycles. The standard InChI is InChI=1S/C56H78N2O2S5/c1-7-11-15-19-21-25-29-41(27-23-17-13-9-3)37-57-53(49-35-46-44(64-49)33-40(6)62-46)51-52(56(57)60)54(50-36-48-47(65-50)34-45(63-48)43-32-31-39(5)61-43)58(55(51)59)38-42(28-24-18-14-10-4)30-26-22-20-16-12-8-2/h31-36,41-42H,7-30,37-38H2,1-6H3.